The SMILES string of the molecule is COC(=O)Nc1cnccc1-c1ncc2c(n1)N(C(C)C)CC(=O)N2C. The van der Waals surface area contributed by atoms with Crippen LogP contribution in [0.5, 0.6) is 0 Å². The summed E-state index contributed by atoms with van der Waals surface area (Å²) in [5, 5.41) is 2.61. The van der Waals surface area contributed by atoms with Crippen molar-refractivity contribution in [2.75, 3.05) is 35.8 Å². The van der Waals surface area contributed by atoms with Gasteiger partial charge >= 0.3 is 6.09 Å². The molecule has 9 nitrogen and oxygen atoms in total. The summed E-state index contributed by atoms with van der Waals surface area (Å²) in [6.07, 6.45) is 4.11. The second kappa shape index (κ2) is 6.95. The van der Waals surface area contributed by atoms with Crippen LogP contribution in [-0.4, -0.2) is 53.7 Å². The van der Waals surface area contributed by atoms with Gasteiger partial charge in [0.2, 0.25) is 5.91 Å². The van der Waals surface area contributed by atoms with E-state index in [1.165, 1.54) is 13.3 Å². The number of carbonyl (C=O) groups excluding carboxylic acids is 2. The summed E-state index contributed by atoms with van der Waals surface area (Å²) in [7, 11) is 2.99. The van der Waals surface area contributed by atoms with Gasteiger partial charge in [-0.2, -0.15) is 0 Å². The highest BCUT2D eigenvalue weighted by Gasteiger charge is 2.30. The summed E-state index contributed by atoms with van der Waals surface area (Å²) in [6, 6.07) is 1.81. The summed E-state index contributed by atoms with van der Waals surface area (Å²) >= 11 is 0. The zero-order valence-electron chi connectivity index (χ0n) is 15.1. The second-order valence-electron chi connectivity index (χ2n) is 6.11. The van der Waals surface area contributed by atoms with Gasteiger partial charge in [0.25, 0.3) is 0 Å². The molecule has 1 N–H and O–H groups in total. The fourth-order valence-electron chi connectivity index (χ4n) is 2.68. The number of methoxy groups -OCH3 is 1. The maximum Gasteiger partial charge on any atom is 0.411 e. The van der Waals surface area contributed by atoms with Crippen LogP contribution in [-0.2, 0) is 9.53 Å². The van der Waals surface area contributed by atoms with Crippen LogP contribution in [0.15, 0.2) is 24.7 Å². The van der Waals surface area contributed by atoms with Gasteiger partial charge < -0.3 is 14.5 Å². The van der Waals surface area contributed by atoms with E-state index in [4.69, 9.17) is 0 Å². The summed E-state index contributed by atoms with van der Waals surface area (Å²) in [5.74, 6) is 1.08. The highest BCUT2D eigenvalue weighted by atomic mass is 16.5. The lowest BCUT2D eigenvalue weighted by molar-refractivity contribution is -0.117. The standard InChI is InChI=1S/C17H20N6O3/c1-10(2)23-9-14(24)22(3)13-8-19-15(21-16(13)23)11-5-6-18-7-12(11)20-17(25)26-4/h5-8,10H,9H2,1-4H3,(H,20,25). The molecule has 2 amide bonds. The molecule has 1 aliphatic rings. The molecule has 136 valence electrons. The lowest BCUT2D eigenvalue weighted by atomic mass is 10.2. The van der Waals surface area contributed by atoms with E-state index in [-0.39, 0.29) is 18.5 Å². The molecule has 0 aromatic carbocycles. The molecule has 3 heterocycles. The average Bonchev–Trinajstić information content (AvgIpc) is 2.64. The smallest absolute Gasteiger partial charge is 0.411 e. The van der Waals surface area contributed by atoms with Gasteiger partial charge in [-0.3, -0.25) is 15.1 Å². The molecule has 9 heteroatoms. The van der Waals surface area contributed by atoms with Crippen LogP contribution < -0.4 is 15.1 Å². The largest absolute Gasteiger partial charge is 0.453 e. The van der Waals surface area contributed by atoms with E-state index in [1.807, 2.05) is 18.7 Å². The fourth-order valence-corrected chi connectivity index (χ4v) is 2.68. The number of fused-ring (bicyclic) bond motifs is 1. The molecule has 0 spiro atoms. The monoisotopic (exact) mass is 356 g/mol. The van der Waals surface area contributed by atoms with Crippen LogP contribution in [0.2, 0.25) is 0 Å². The number of hydrogen-bond donors (Lipinski definition) is 1. The average molecular weight is 356 g/mol. The minimum absolute atomic E-state index is 0.0143. The molecule has 0 bridgehead atoms. The number of amides is 2. The van der Waals surface area contributed by atoms with Crippen molar-refractivity contribution in [1.82, 2.24) is 15.0 Å². The lowest BCUT2D eigenvalue weighted by Crippen LogP contribution is -2.47. The molecule has 0 fully saturated rings. The number of aromatic nitrogens is 3. The Kier molecular flexibility index (Phi) is 4.70. The van der Waals surface area contributed by atoms with Crippen molar-refractivity contribution < 1.29 is 14.3 Å². The number of carbonyl (C=O) groups is 2. The van der Waals surface area contributed by atoms with Crippen molar-refractivity contribution in [2.24, 2.45) is 0 Å². The van der Waals surface area contributed by atoms with E-state index < -0.39 is 6.09 Å². The van der Waals surface area contributed by atoms with Crippen LogP contribution >= 0.6 is 0 Å². The first-order valence-corrected chi connectivity index (χ1v) is 8.12. The normalized spacial score (nSPS) is 13.7. The van der Waals surface area contributed by atoms with Crippen molar-refractivity contribution in [1.29, 1.82) is 0 Å². The zero-order chi connectivity index (χ0) is 18.8. The first-order valence-electron chi connectivity index (χ1n) is 8.12. The number of nitrogens with zero attached hydrogens (tertiary/aromatic N) is 5. The van der Waals surface area contributed by atoms with Crippen molar-refractivity contribution in [3.05, 3.63) is 24.7 Å². The summed E-state index contributed by atoms with van der Waals surface area (Å²) in [5.41, 5.74) is 1.70. The van der Waals surface area contributed by atoms with E-state index in [2.05, 4.69) is 25.0 Å². The van der Waals surface area contributed by atoms with E-state index in [9.17, 15) is 9.59 Å². The Morgan fingerprint density at radius 2 is 2.12 bits per heavy atom. The van der Waals surface area contributed by atoms with Crippen LogP contribution in [0.25, 0.3) is 11.4 Å². The Labute approximate surface area is 151 Å². The molecule has 3 rings (SSSR count). The summed E-state index contributed by atoms with van der Waals surface area (Å²) in [4.78, 5) is 40.3. The summed E-state index contributed by atoms with van der Waals surface area (Å²) in [6.45, 7) is 4.25. The molecule has 0 aliphatic carbocycles. The van der Waals surface area contributed by atoms with Gasteiger partial charge in [-0.15, -0.1) is 0 Å². The van der Waals surface area contributed by atoms with Gasteiger partial charge in [0.1, 0.15) is 5.69 Å². The van der Waals surface area contributed by atoms with E-state index in [0.717, 1.165) is 0 Å². The fraction of sp³-hybridized carbons (Fsp3) is 0.353. The van der Waals surface area contributed by atoms with Crippen molar-refractivity contribution >= 4 is 29.2 Å². The molecule has 0 atom stereocenters. The van der Waals surface area contributed by atoms with Gasteiger partial charge in [0.05, 0.1) is 31.7 Å². The van der Waals surface area contributed by atoms with Crippen LogP contribution in [0.3, 0.4) is 0 Å². The molecular weight excluding hydrogens is 336 g/mol. The third-order valence-corrected chi connectivity index (χ3v) is 4.17. The molecule has 26 heavy (non-hydrogen) atoms. The Hall–Kier alpha value is -3.23. The molecule has 2 aromatic heterocycles. The second-order valence-corrected chi connectivity index (χ2v) is 6.11. The van der Waals surface area contributed by atoms with Gasteiger partial charge in [-0.1, -0.05) is 0 Å². The Morgan fingerprint density at radius 3 is 2.81 bits per heavy atom. The zero-order valence-corrected chi connectivity index (χ0v) is 15.1. The number of pyridine rings is 1. The molecule has 0 unspecified atom stereocenters. The topological polar surface area (TPSA) is 101 Å². The van der Waals surface area contributed by atoms with Crippen molar-refractivity contribution in [3.8, 4) is 11.4 Å². The molecule has 2 aromatic rings. The van der Waals surface area contributed by atoms with Gasteiger partial charge in [0.15, 0.2) is 11.6 Å². The molecular formula is C17H20N6O3. The number of likely N-dealkylation sites (N-methyl/N-ethyl adjacent to an activating group) is 1. The third-order valence-electron chi connectivity index (χ3n) is 4.17. The first-order chi connectivity index (χ1) is 12.4. The molecule has 0 saturated heterocycles. The Bertz CT molecular complexity index is 854. The number of hydrogen-bond acceptors (Lipinski definition) is 7. The highest BCUT2D eigenvalue weighted by Crippen LogP contribution is 2.34. The number of anilines is 3. The maximum atomic E-state index is 12.2. The Morgan fingerprint density at radius 1 is 1.35 bits per heavy atom. The van der Waals surface area contributed by atoms with E-state index >= 15 is 0 Å². The van der Waals surface area contributed by atoms with E-state index in [0.29, 0.717) is 28.6 Å². The number of rotatable bonds is 3. The van der Waals surface area contributed by atoms with Crippen LogP contribution in [0.1, 0.15) is 13.8 Å². The summed E-state index contributed by atoms with van der Waals surface area (Å²) < 4.78 is 4.64. The highest BCUT2D eigenvalue weighted by molar-refractivity contribution is 6.02. The van der Waals surface area contributed by atoms with E-state index in [1.54, 1.807) is 30.4 Å². The van der Waals surface area contributed by atoms with Crippen molar-refractivity contribution in [2.45, 2.75) is 19.9 Å². The van der Waals surface area contributed by atoms with Crippen LogP contribution in [0, 0.1) is 0 Å². The van der Waals surface area contributed by atoms with Gasteiger partial charge in [-0.25, -0.2) is 14.8 Å². The third kappa shape index (κ3) is 3.15. The molecule has 0 saturated carbocycles. The Balaban J connectivity index is 2.08. The van der Waals surface area contributed by atoms with Gasteiger partial charge in [-0.05, 0) is 19.9 Å². The number of ether oxygens (including phenoxy) is 1. The van der Waals surface area contributed by atoms with Crippen LogP contribution in [0.4, 0.5) is 22.0 Å². The predicted octanol–water partition coefficient (Wildman–Crippen LogP) is 1.91. The predicted molar refractivity (Wildman–Crippen MR) is 97.2 cm³/mol. The quantitative estimate of drug-likeness (QED) is 0.896. The minimum Gasteiger partial charge on any atom is -0.453 e. The molecule has 1 aliphatic heterocycles. The first kappa shape index (κ1) is 17.6. The van der Waals surface area contributed by atoms with Crippen molar-refractivity contribution in [3.63, 3.8) is 0 Å². The minimum atomic E-state index is -0.605. The van der Waals surface area contributed by atoms with Gasteiger partial charge in [0, 0.05) is 24.8 Å². The lowest BCUT2D eigenvalue weighted by Gasteiger charge is -2.36. The number of nitrogens with one attached hydrogen (secondary N) is 1. The molecule has 0 radical (unpaired) electrons. The maximum absolute atomic E-state index is 12.2.